The van der Waals surface area contributed by atoms with Crippen LogP contribution in [-0.4, -0.2) is 71.1 Å². The zero-order chi connectivity index (χ0) is 28.1. The Bertz CT molecular complexity index is 1260. The van der Waals surface area contributed by atoms with Crippen molar-refractivity contribution in [2.75, 3.05) is 32.1 Å². The average Bonchev–Trinajstić information content (AvgIpc) is 3.46. The quantitative estimate of drug-likeness (QED) is 0.226. The number of esters is 1. The highest BCUT2D eigenvalue weighted by Crippen LogP contribution is 2.67. The fourth-order valence-corrected chi connectivity index (χ4v) is 10.3. The highest BCUT2D eigenvalue weighted by atomic mass is 127. The number of allylic oxidation sites excluding steroid dienone is 1. The van der Waals surface area contributed by atoms with Crippen LogP contribution >= 0.6 is 22.6 Å². The molecule has 6 rings (SSSR count). The third-order valence-electron chi connectivity index (χ3n) is 11.7. The van der Waals surface area contributed by atoms with E-state index in [-0.39, 0.29) is 42.3 Å². The number of carbonyl (C=O) groups excluding carboxylic acids is 2. The van der Waals surface area contributed by atoms with Crippen molar-refractivity contribution in [2.45, 2.75) is 63.7 Å². The molecule has 2 spiro atoms. The molecule has 212 valence electrons. The van der Waals surface area contributed by atoms with Gasteiger partial charge in [0.05, 0.1) is 12.7 Å². The van der Waals surface area contributed by atoms with Gasteiger partial charge in [0.15, 0.2) is 0 Å². The number of ether oxygens (including phenoxy) is 1. The monoisotopic (exact) mass is 650 g/mol. The van der Waals surface area contributed by atoms with Crippen molar-refractivity contribution in [3.8, 4) is 0 Å². The first kappa shape index (κ1) is 27.6. The van der Waals surface area contributed by atoms with Gasteiger partial charge in [0.2, 0.25) is 0 Å². The van der Waals surface area contributed by atoms with Gasteiger partial charge in [-0.05, 0) is 103 Å². The van der Waals surface area contributed by atoms with Crippen LogP contribution in [0.3, 0.4) is 0 Å². The topological polar surface area (TPSA) is 119 Å². The van der Waals surface area contributed by atoms with E-state index in [9.17, 15) is 24.9 Å². The van der Waals surface area contributed by atoms with E-state index in [1.165, 1.54) is 0 Å². The Morgan fingerprint density at radius 1 is 1.21 bits per heavy atom. The molecule has 39 heavy (non-hydrogen) atoms. The molecule has 2 saturated carbocycles. The van der Waals surface area contributed by atoms with Gasteiger partial charge in [0.1, 0.15) is 23.7 Å². The molecule has 2 saturated heterocycles. The fraction of sp³-hybridized carbons (Fsp3) is 0.667. The second-order valence-electron chi connectivity index (χ2n) is 13.2. The number of hydrogen-bond acceptors (Lipinski definition) is 7. The minimum absolute atomic E-state index is 0.000458. The fourth-order valence-electron chi connectivity index (χ4n) is 9.82. The van der Waals surface area contributed by atoms with Gasteiger partial charge in [-0.25, -0.2) is 0 Å². The maximum atomic E-state index is 14.0. The summed E-state index contributed by atoms with van der Waals surface area (Å²) in [4.78, 5) is 30.0. The van der Waals surface area contributed by atoms with E-state index in [0.29, 0.717) is 30.6 Å². The van der Waals surface area contributed by atoms with Crippen molar-refractivity contribution in [3.63, 3.8) is 0 Å². The number of amides is 1. The molecule has 3 heterocycles. The summed E-state index contributed by atoms with van der Waals surface area (Å²) < 4.78 is 6.53. The Labute approximate surface area is 243 Å². The Kier molecular flexibility index (Phi) is 6.36. The molecule has 1 amide bonds. The molecule has 8 nitrogen and oxygen atoms in total. The molecule has 1 unspecified atom stereocenters. The van der Waals surface area contributed by atoms with E-state index in [4.69, 9.17) is 4.74 Å². The van der Waals surface area contributed by atoms with Gasteiger partial charge in [0.25, 0.3) is 5.91 Å². The molecule has 0 bridgehead atoms. The number of likely N-dealkylation sites (N-methyl/N-ethyl adjacent to an activating group) is 1. The van der Waals surface area contributed by atoms with Crippen LogP contribution in [0.4, 0.5) is 5.69 Å². The van der Waals surface area contributed by atoms with Crippen molar-refractivity contribution < 1.29 is 29.6 Å². The predicted octanol–water partition coefficient (Wildman–Crippen LogP) is 3.04. The van der Waals surface area contributed by atoms with E-state index in [0.717, 1.165) is 28.4 Å². The van der Waals surface area contributed by atoms with Gasteiger partial charge in [-0.1, -0.05) is 26.0 Å². The molecule has 3 aliphatic heterocycles. The molecule has 2 aliphatic carbocycles. The number of nitrogens with zero attached hydrogens (tertiary/aromatic N) is 1. The lowest BCUT2D eigenvalue weighted by molar-refractivity contribution is -0.165. The highest BCUT2D eigenvalue weighted by molar-refractivity contribution is 14.1. The number of anilines is 1. The summed E-state index contributed by atoms with van der Waals surface area (Å²) in [6, 6.07) is 5.73. The number of cyclic esters (lactones) is 1. The summed E-state index contributed by atoms with van der Waals surface area (Å²) in [6.07, 6.45) is 1.84. The largest absolute Gasteiger partial charge is 0.462 e. The van der Waals surface area contributed by atoms with E-state index in [1.54, 1.807) is 0 Å². The van der Waals surface area contributed by atoms with Gasteiger partial charge < -0.3 is 25.4 Å². The summed E-state index contributed by atoms with van der Waals surface area (Å²) >= 11 is 2.21. The van der Waals surface area contributed by atoms with Crippen molar-refractivity contribution in [3.05, 3.63) is 39.5 Å². The van der Waals surface area contributed by atoms with Crippen LogP contribution in [0.5, 0.6) is 0 Å². The van der Waals surface area contributed by atoms with Gasteiger partial charge in [-0.2, -0.15) is 0 Å². The Balaban J connectivity index is 1.48. The number of nitrogens with one attached hydrogen (secondary N) is 1. The number of rotatable bonds is 3. The van der Waals surface area contributed by atoms with Crippen LogP contribution in [-0.2, 0) is 19.9 Å². The van der Waals surface area contributed by atoms with Gasteiger partial charge in [-0.3, -0.25) is 14.5 Å². The molecule has 0 radical (unpaired) electrons. The average molecular weight is 651 g/mol. The first-order chi connectivity index (χ1) is 18.4. The molecule has 1 aromatic rings. The van der Waals surface area contributed by atoms with E-state index < -0.39 is 34.5 Å². The third kappa shape index (κ3) is 3.25. The lowest BCUT2D eigenvalue weighted by atomic mass is 9.45. The third-order valence-corrected chi connectivity index (χ3v) is 12.4. The van der Waals surface area contributed by atoms with Crippen LogP contribution in [0.15, 0.2) is 30.4 Å². The SMILES string of the molecule is C=C1CC[C@@H]2[C@](C)(CO)[C@H](O)CC[C@@]2(C)[C@@H]1CC1CN(C)[C@@]2(C(=O)Nc3ccc(I)cc32)[C@]12C(=O)OC[C@@H]2O. The van der Waals surface area contributed by atoms with Crippen LogP contribution in [0.2, 0.25) is 0 Å². The molecule has 5 aliphatic rings. The molecule has 9 atom stereocenters. The first-order valence-corrected chi connectivity index (χ1v) is 15.1. The maximum Gasteiger partial charge on any atom is 0.318 e. The number of halogens is 1. The number of benzene rings is 1. The zero-order valence-corrected chi connectivity index (χ0v) is 25.0. The summed E-state index contributed by atoms with van der Waals surface area (Å²) in [5.74, 6) is -1.11. The molecule has 0 aromatic heterocycles. The van der Waals surface area contributed by atoms with Crippen molar-refractivity contribution in [1.82, 2.24) is 4.90 Å². The second-order valence-corrected chi connectivity index (χ2v) is 14.4. The summed E-state index contributed by atoms with van der Waals surface area (Å²) in [6.45, 7) is 8.94. The number of likely N-dealkylation sites (tertiary alicyclic amines) is 1. The normalized spacial score (nSPS) is 45.5. The minimum atomic E-state index is -1.47. The van der Waals surface area contributed by atoms with Crippen molar-refractivity contribution in [2.24, 2.45) is 34.0 Å². The first-order valence-electron chi connectivity index (χ1n) is 14.0. The number of aliphatic hydroxyl groups excluding tert-OH is 3. The van der Waals surface area contributed by atoms with E-state index >= 15 is 0 Å². The predicted molar refractivity (Wildman–Crippen MR) is 153 cm³/mol. The lowest BCUT2D eigenvalue weighted by Crippen LogP contribution is -2.62. The summed E-state index contributed by atoms with van der Waals surface area (Å²) in [5.41, 5.74) is -1.25. The highest BCUT2D eigenvalue weighted by Gasteiger charge is 2.79. The van der Waals surface area contributed by atoms with Crippen LogP contribution in [0.25, 0.3) is 0 Å². The number of aliphatic hydroxyl groups is 3. The van der Waals surface area contributed by atoms with Crippen molar-refractivity contribution in [1.29, 1.82) is 0 Å². The molecule has 1 aromatic carbocycles. The molecule has 9 heteroatoms. The van der Waals surface area contributed by atoms with Gasteiger partial charge >= 0.3 is 5.97 Å². The van der Waals surface area contributed by atoms with Crippen LogP contribution in [0.1, 0.15) is 51.5 Å². The molecular formula is C30H39IN2O6. The van der Waals surface area contributed by atoms with Crippen LogP contribution in [0, 0.1) is 37.6 Å². The molecular weight excluding hydrogens is 611 g/mol. The summed E-state index contributed by atoms with van der Waals surface area (Å²) in [5, 5.41) is 36.1. The van der Waals surface area contributed by atoms with Gasteiger partial charge in [0, 0.05) is 26.8 Å². The Morgan fingerprint density at radius 2 is 1.95 bits per heavy atom. The van der Waals surface area contributed by atoms with E-state index in [1.807, 2.05) is 37.1 Å². The van der Waals surface area contributed by atoms with E-state index in [2.05, 4.69) is 41.4 Å². The number of hydrogen-bond donors (Lipinski definition) is 4. The van der Waals surface area contributed by atoms with Crippen LogP contribution < -0.4 is 5.32 Å². The molecule has 4 N–H and O–H groups in total. The van der Waals surface area contributed by atoms with Gasteiger partial charge in [-0.15, -0.1) is 0 Å². The smallest absolute Gasteiger partial charge is 0.318 e. The summed E-state index contributed by atoms with van der Waals surface area (Å²) in [7, 11) is 1.87. The minimum Gasteiger partial charge on any atom is -0.462 e. The second kappa shape index (κ2) is 8.98. The standard InChI is InChI=1S/C30H39IN2O6/c1-16-5-8-22-27(2,10-9-23(35)28(22,3)15-34)19(16)11-17-13-33(4)30(29(17)24(36)14-39-26(29)38)20-12-18(31)6-7-21(20)32-25(30)37/h6-7,12,17,19,22-24,34-36H,1,5,8-11,13-15H2,2-4H3,(H,32,37)/t17?,19-,22+,23-,24+,27+,28+,29-,30+/m1/s1. The Hall–Kier alpha value is -1.53. The zero-order valence-electron chi connectivity index (χ0n) is 22.9. The molecule has 4 fully saturated rings. The number of fused-ring (bicyclic) bond motifs is 4. The number of carbonyl (C=O) groups is 2. The maximum absolute atomic E-state index is 14.0. The lowest BCUT2D eigenvalue weighted by Gasteiger charge is -2.60. The van der Waals surface area contributed by atoms with Crippen molar-refractivity contribution >= 4 is 40.2 Å². The Morgan fingerprint density at radius 3 is 2.62 bits per heavy atom.